The molecule has 2 N–H and O–H groups in total. The molecule has 1 fully saturated rings. The molecule has 1 aliphatic heterocycles. The Morgan fingerprint density at radius 1 is 1.02 bits per heavy atom. The molecule has 3 unspecified atom stereocenters. The number of anilines is 1. The van der Waals surface area contributed by atoms with Crippen LogP contribution in [0.4, 0.5) is 14.9 Å². The fourth-order valence-electron chi connectivity index (χ4n) is 5.09. The predicted octanol–water partition coefficient (Wildman–Crippen LogP) is 7.85. The first-order valence-corrected chi connectivity index (χ1v) is 17.2. The summed E-state index contributed by atoms with van der Waals surface area (Å²) >= 11 is 0. The molecule has 0 aromatic heterocycles. The van der Waals surface area contributed by atoms with Crippen molar-refractivity contribution in [3.05, 3.63) is 95.3 Å². The van der Waals surface area contributed by atoms with Gasteiger partial charge in [-0.1, -0.05) is 57.2 Å². The van der Waals surface area contributed by atoms with Crippen LogP contribution in [0.5, 0.6) is 5.75 Å². The molecule has 3 aromatic carbocycles. The number of carbonyl (C=O) groups excluding carboxylic acids is 1. The lowest BCUT2D eigenvalue weighted by Gasteiger charge is -2.48. The van der Waals surface area contributed by atoms with E-state index in [4.69, 9.17) is 14.3 Å². The van der Waals surface area contributed by atoms with E-state index in [1.165, 1.54) is 12.1 Å². The topological polar surface area (TPSA) is 88.1 Å². The molecule has 0 saturated carbocycles. The van der Waals surface area contributed by atoms with Crippen molar-refractivity contribution >= 4 is 26.0 Å². The molecule has 1 aliphatic rings. The lowest BCUT2D eigenvalue weighted by molar-refractivity contribution is -0.131. The van der Waals surface area contributed by atoms with Gasteiger partial charge in [0, 0.05) is 12.2 Å². The maximum atomic E-state index is 13.8. The Balaban J connectivity index is 1.60. The van der Waals surface area contributed by atoms with Gasteiger partial charge in [0.2, 0.25) is 5.91 Å². The van der Waals surface area contributed by atoms with Crippen LogP contribution in [-0.2, 0) is 15.8 Å². The van der Waals surface area contributed by atoms with Crippen LogP contribution in [0.2, 0.25) is 18.1 Å². The van der Waals surface area contributed by atoms with Crippen LogP contribution in [-0.4, -0.2) is 32.5 Å². The first kappa shape index (κ1) is 31.2. The molecule has 42 heavy (non-hydrogen) atoms. The molecule has 3 atom stereocenters. The van der Waals surface area contributed by atoms with Crippen LogP contribution in [0.25, 0.3) is 0 Å². The Kier molecular flexibility index (Phi) is 9.42. The van der Waals surface area contributed by atoms with Crippen LogP contribution < -0.4 is 15.0 Å². The van der Waals surface area contributed by atoms with Crippen LogP contribution in [0.3, 0.4) is 0 Å². The standard InChI is InChI=1S/C33H41FN2O5Si/c1-33(2,3)42(5,6)41-29(23-9-13-25(34)14-10-23)20-19-28-30(24-11-17-27(40-4)18-12-24)36(31(28)37)26-15-7-22(8-16-26)21-35-32(38)39/h7-18,28-30,35H,19-21H2,1-6H3,(H,38,39). The number of halogens is 1. The smallest absolute Gasteiger partial charge is 0.404 e. The second-order valence-corrected chi connectivity index (χ2v) is 17.1. The second-order valence-electron chi connectivity index (χ2n) is 12.4. The number of β-lactam (4-membered cyclic amide) rings is 1. The highest BCUT2D eigenvalue weighted by atomic mass is 28.4. The summed E-state index contributed by atoms with van der Waals surface area (Å²) in [6.45, 7) is 11.2. The first-order chi connectivity index (χ1) is 19.8. The molecule has 9 heteroatoms. The highest BCUT2D eigenvalue weighted by Crippen LogP contribution is 2.48. The summed E-state index contributed by atoms with van der Waals surface area (Å²) in [4.78, 5) is 26.4. The van der Waals surface area contributed by atoms with Crippen LogP contribution >= 0.6 is 0 Å². The number of ether oxygens (including phenoxy) is 1. The third kappa shape index (κ3) is 7.02. The molecular formula is C33H41FN2O5Si. The predicted molar refractivity (Wildman–Crippen MR) is 165 cm³/mol. The zero-order chi connectivity index (χ0) is 30.7. The molecule has 2 amide bonds. The van der Waals surface area contributed by atoms with Crippen LogP contribution in [0.15, 0.2) is 72.8 Å². The number of hydrogen-bond donors (Lipinski definition) is 2. The summed E-state index contributed by atoms with van der Waals surface area (Å²) in [6.07, 6.45) is -0.125. The first-order valence-electron chi connectivity index (χ1n) is 14.3. The molecular weight excluding hydrogens is 551 g/mol. The van der Waals surface area contributed by atoms with E-state index in [0.29, 0.717) is 12.8 Å². The van der Waals surface area contributed by atoms with E-state index in [9.17, 15) is 14.0 Å². The Hall–Kier alpha value is -3.69. The number of benzene rings is 3. The molecule has 0 radical (unpaired) electrons. The van der Waals surface area contributed by atoms with Crippen LogP contribution in [0.1, 0.15) is 62.4 Å². The van der Waals surface area contributed by atoms with E-state index in [-0.39, 0.29) is 41.4 Å². The van der Waals surface area contributed by atoms with Gasteiger partial charge in [0.25, 0.3) is 0 Å². The minimum Gasteiger partial charge on any atom is -0.497 e. The van der Waals surface area contributed by atoms with Gasteiger partial charge in [-0.25, -0.2) is 9.18 Å². The third-order valence-corrected chi connectivity index (χ3v) is 13.0. The molecule has 0 spiro atoms. The van der Waals surface area contributed by atoms with Crippen molar-refractivity contribution in [2.75, 3.05) is 12.0 Å². The molecule has 1 heterocycles. The summed E-state index contributed by atoms with van der Waals surface area (Å²) in [5.41, 5.74) is 3.47. The van der Waals surface area contributed by atoms with Crippen molar-refractivity contribution in [2.24, 2.45) is 5.92 Å². The second kappa shape index (κ2) is 12.7. The fraction of sp³-hybridized carbons (Fsp3) is 0.394. The number of hydrogen-bond acceptors (Lipinski definition) is 4. The summed E-state index contributed by atoms with van der Waals surface area (Å²) in [5.74, 6) is 0.205. The van der Waals surface area contributed by atoms with Crippen molar-refractivity contribution in [3.63, 3.8) is 0 Å². The van der Waals surface area contributed by atoms with Crippen molar-refractivity contribution < 1.29 is 28.2 Å². The summed E-state index contributed by atoms with van der Waals surface area (Å²) < 4.78 is 26.0. The monoisotopic (exact) mass is 592 g/mol. The SMILES string of the molecule is COc1ccc(C2C(CCC(O[Si](C)(C)C(C)(C)C)c3ccc(F)cc3)C(=O)N2c2ccc(CNC(=O)O)cc2)cc1. The number of amides is 2. The number of methoxy groups -OCH3 is 1. The van der Waals surface area contributed by atoms with Gasteiger partial charge >= 0.3 is 6.09 Å². The van der Waals surface area contributed by atoms with Crippen molar-refractivity contribution in [1.29, 1.82) is 0 Å². The molecule has 1 saturated heterocycles. The summed E-state index contributed by atoms with van der Waals surface area (Å²) in [6, 6.07) is 21.4. The zero-order valence-electron chi connectivity index (χ0n) is 25.2. The highest BCUT2D eigenvalue weighted by Gasteiger charge is 2.49. The number of carboxylic acid groups (broad SMARTS) is 1. The summed E-state index contributed by atoms with van der Waals surface area (Å²) in [5, 5.41) is 11.3. The van der Waals surface area contributed by atoms with Gasteiger partial charge in [0.05, 0.1) is 25.2 Å². The largest absolute Gasteiger partial charge is 0.497 e. The lowest BCUT2D eigenvalue weighted by Crippen LogP contribution is -2.55. The van der Waals surface area contributed by atoms with Crippen molar-refractivity contribution in [1.82, 2.24) is 5.32 Å². The molecule has 0 aliphatic carbocycles. The van der Waals surface area contributed by atoms with E-state index < -0.39 is 14.4 Å². The zero-order valence-corrected chi connectivity index (χ0v) is 26.2. The maximum absolute atomic E-state index is 13.8. The Morgan fingerprint density at radius 2 is 1.64 bits per heavy atom. The van der Waals surface area contributed by atoms with Gasteiger partial charge in [-0.2, -0.15) is 0 Å². The molecule has 224 valence electrons. The average Bonchev–Trinajstić information content (AvgIpc) is 2.94. The number of carbonyl (C=O) groups is 2. The molecule has 0 bridgehead atoms. The lowest BCUT2D eigenvalue weighted by atomic mass is 9.78. The number of nitrogens with zero attached hydrogens (tertiary/aromatic N) is 1. The van der Waals surface area contributed by atoms with Gasteiger partial charge < -0.3 is 24.5 Å². The average molecular weight is 593 g/mol. The highest BCUT2D eigenvalue weighted by molar-refractivity contribution is 6.74. The Morgan fingerprint density at radius 3 is 2.19 bits per heavy atom. The van der Waals surface area contributed by atoms with Gasteiger partial charge in [0.15, 0.2) is 8.32 Å². The van der Waals surface area contributed by atoms with E-state index in [2.05, 4.69) is 39.2 Å². The van der Waals surface area contributed by atoms with Crippen molar-refractivity contribution in [2.45, 2.75) is 70.4 Å². The van der Waals surface area contributed by atoms with E-state index in [1.807, 2.05) is 53.4 Å². The van der Waals surface area contributed by atoms with Gasteiger partial charge in [-0.05, 0) is 84.1 Å². The minimum absolute atomic E-state index is 0.00779. The van der Waals surface area contributed by atoms with E-state index in [1.54, 1.807) is 19.2 Å². The fourth-order valence-corrected chi connectivity index (χ4v) is 6.41. The third-order valence-electron chi connectivity index (χ3n) is 8.55. The number of nitrogens with one attached hydrogen (secondary N) is 1. The minimum atomic E-state index is -2.17. The van der Waals surface area contributed by atoms with Crippen LogP contribution in [0, 0.1) is 11.7 Å². The van der Waals surface area contributed by atoms with Crippen molar-refractivity contribution in [3.8, 4) is 5.75 Å². The van der Waals surface area contributed by atoms with E-state index >= 15 is 0 Å². The van der Waals surface area contributed by atoms with E-state index in [0.717, 1.165) is 28.1 Å². The molecule has 3 aromatic rings. The number of rotatable bonds is 11. The Labute approximate surface area is 248 Å². The quantitative estimate of drug-likeness (QED) is 0.175. The maximum Gasteiger partial charge on any atom is 0.404 e. The van der Waals surface area contributed by atoms with Gasteiger partial charge in [-0.3, -0.25) is 4.79 Å². The Bertz CT molecular complexity index is 1370. The molecule has 4 rings (SSSR count). The molecule has 7 nitrogen and oxygen atoms in total. The van der Waals surface area contributed by atoms with Gasteiger partial charge in [0.1, 0.15) is 11.6 Å². The summed E-state index contributed by atoms with van der Waals surface area (Å²) in [7, 11) is -0.547. The normalized spacial score (nSPS) is 17.9. The van der Waals surface area contributed by atoms with Gasteiger partial charge in [-0.15, -0.1) is 0 Å².